The van der Waals surface area contributed by atoms with Gasteiger partial charge in [-0.05, 0) is 54.2 Å². The second-order valence-electron chi connectivity index (χ2n) is 6.93. The van der Waals surface area contributed by atoms with Gasteiger partial charge in [-0.1, -0.05) is 12.1 Å². The molecule has 6 heteroatoms. The van der Waals surface area contributed by atoms with Gasteiger partial charge < -0.3 is 10.1 Å². The topological polar surface area (TPSA) is 79.9 Å². The van der Waals surface area contributed by atoms with Crippen molar-refractivity contribution in [2.24, 2.45) is 0 Å². The van der Waals surface area contributed by atoms with Gasteiger partial charge in [-0.2, -0.15) is 5.10 Å². The molecule has 1 fully saturated rings. The Balaban J connectivity index is 1.30. The van der Waals surface area contributed by atoms with Crippen molar-refractivity contribution >= 4 is 11.7 Å². The van der Waals surface area contributed by atoms with Gasteiger partial charge in [0, 0.05) is 24.4 Å². The minimum absolute atomic E-state index is 0.0707. The highest BCUT2D eigenvalue weighted by molar-refractivity contribution is 5.91. The van der Waals surface area contributed by atoms with Gasteiger partial charge in [-0.25, -0.2) is 0 Å². The van der Waals surface area contributed by atoms with E-state index in [0.29, 0.717) is 24.1 Å². The first-order valence-electron chi connectivity index (χ1n) is 9.09. The van der Waals surface area contributed by atoms with Gasteiger partial charge >= 0.3 is 0 Å². The molecule has 1 amide bonds. The lowest BCUT2D eigenvalue weighted by Gasteiger charge is -2.34. The number of aromatic amines is 1. The predicted molar refractivity (Wildman–Crippen MR) is 103 cm³/mol. The van der Waals surface area contributed by atoms with E-state index in [4.69, 9.17) is 4.74 Å². The molecule has 1 aromatic carbocycles. The normalized spacial score (nSPS) is 18.6. The smallest absolute Gasteiger partial charge is 0.229 e. The molecule has 0 saturated heterocycles. The van der Waals surface area contributed by atoms with Crippen LogP contribution in [0.4, 0.5) is 5.82 Å². The van der Waals surface area contributed by atoms with E-state index in [0.717, 1.165) is 29.8 Å². The van der Waals surface area contributed by atoms with E-state index in [1.165, 1.54) is 5.56 Å². The van der Waals surface area contributed by atoms with E-state index in [1.54, 1.807) is 7.11 Å². The Labute approximate surface area is 158 Å². The van der Waals surface area contributed by atoms with E-state index in [1.807, 2.05) is 42.7 Å². The summed E-state index contributed by atoms with van der Waals surface area (Å²) in [5.74, 6) is 2.37. The summed E-state index contributed by atoms with van der Waals surface area (Å²) in [6.07, 6.45) is 6.15. The first kappa shape index (κ1) is 17.3. The lowest BCUT2D eigenvalue weighted by molar-refractivity contribution is -0.115. The molecule has 3 aromatic rings. The second-order valence-corrected chi connectivity index (χ2v) is 6.93. The molecule has 4 rings (SSSR count). The van der Waals surface area contributed by atoms with Gasteiger partial charge in [0.25, 0.3) is 0 Å². The van der Waals surface area contributed by atoms with Crippen LogP contribution in [0.15, 0.2) is 54.9 Å². The largest absolute Gasteiger partial charge is 0.497 e. The van der Waals surface area contributed by atoms with Crippen molar-refractivity contribution in [3.63, 3.8) is 0 Å². The zero-order valence-electron chi connectivity index (χ0n) is 15.2. The third kappa shape index (κ3) is 4.00. The summed E-state index contributed by atoms with van der Waals surface area (Å²) >= 11 is 0. The average molecular weight is 362 g/mol. The standard InChI is InChI=1S/C21H22N4O2/c1-27-18-4-2-14(3-5-18)10-21(26)23-20-13-19(24-25-20)17-11-16(12-17)15-6-8-22-9-7-15/h2-9,13,16-17H,10-12H2,1H3,(H2,23,24,25,26)/t16-,17+. The summed E-state index contributed by atoms with van der Waals surface area (Å²) in [5.41, 5.74) is 3.29. The van der Waals surface area contributed by atoms with Crippen molar-refractivity contribution in [2.45, 2.75) is 31.1 Å². The van der Waals surface area contributed by atoms with Crippen LogP contribution in [-0.4, -0.2) is 28.2 Å². The second kappa shape index (κ2) is 7.61. The number of aromatic nitrogens is 3. The fraction of sp³-hybridized carbons (Fsp3) is 0.286. The SMILES string of the molecule is COc1ccc(CC(=O)Nc2cc([C@H]3C[C@@H](c4ccncc4)C3)n[nH]2)cc1. The number of methoxy groups -OCH3 is 1. The zero-order valence-corrected chi connectivity index (χ0v) is 15.2. The van der Waals surface area contributed by atoms with E-state index in [-0.39, 0.29) is 5.91 Å². The maximum atomic E-state index is 12.2. The van der Waals surface area contributed by atoms with Gasteiger partial charge in [0.15, 0.2) is 0 Å². The molecule has 2 heterocycles. The maximum Gasteiger partial charge on any atom is 0.229 e. The summed E-state index contributed by atoms with van der Waals surface area (Å²) in [6, 6.07) is 13.6. The molecule has 0 spiro atoms. The Kier molecular flexibility index (Phi) is 4.87. The molecule has 0 unspecified atom stereocenters. The van der Waals surface area contributed by atoms with Crippen LogP contribution in [-0.2, 0) is 11.2 Å². The van der Waals surface area contributed by atoms with Gasteiger partial charge in [0.2, 0.25) is 5.91 Å². The number of hydrogen-bond donors (Lipinski definition) is 2. The molecule has 1 aliphatic carbocycles. The van der Waals surface area contributed by atoms with Crippen molar-refractivity contribution in [3.8, 4) is 5.75 Å². The van der Waals surface area contributed by atoms with Gasteiger partial charge in [0.1, 0.15) is 11.6 Å². The first-order valence-corrected chi connectivity index (χ1v) is 9.09. The quantitative estimate of drug-likeness (QED) is 0.701. The number of carbonyl (C=O) groups excluding carboxylic acids is 1. The summed E-state index contributed by atoms with van der Waals surface area (Å²) in [7, 11) is 1.62. The summed E-state index contributed by atoms with van der Waals surface area (Å²) in [5, 5.41) is 10.2. The molecule has 2 N–H and O–H groups in total. The number of nitrogens with one attached hydrogen (secondary N) is 2. The minimum atomic E-state index is -0.0707. The molecule has 1 saturated carbocycles. The van der Waals surface area contributed by atoms with Gasteiger partial charge in [-0.15, -0.1) is 0 Å². The number of amides is 1. The van der Waals surface area contributed by atoms with Crippen LogP contribution in [0.25, 0.3) is 0 Å². The third-order valence-corrected chi connectivity index (χ3v) is 5.13. The minimum Gasteiger partial charge on any atom is -0.497 e. The number of anilines is 1. The van der Waals surface area contributed by atoms with Gasteiger partial charge in [0.05, 0.1) is 19.2 Å². The third-order valence-electron chi connectivity index (χ3n) is 5.13. The number of carbonyl (C=O) groups is 1. The lowest BCUT2D eigenvalue weighted by Crippen LogP contribution is -2.20. The first-order chi connectivity index (χ1) is 13.2. The molecule has 6 nitrogen and oxygen atoms in total. The number of benzene rings is 1. The fourth-order valence-electron chi connectivity index (χ4n) is 3.50. The van der Waals surface area contributed by atoms with Crippen molar-refractivity contribution in [2.75, 3.05) is 12.4 Å². The highest BCUT2D eigenvalue weighted by Gasteiger charge is 2.33. The number of hydrogen-bond acceptors (Lipinski definition) is 4. The molecular formula is C21H22N4O2. The monoisotopic (exact) mass is 362 g/mol. The van der Waals surface area contributed by atoms with E-state index in [2.05, 4.69) is 32.6 Å². The number of nitrogens with zero attached hydrogens (tertiary/aromatic N) is 2. The zero-order chi connectivity index (χ0) is 18.6. The van der Waals surface area contributed by atoms with Crippen LogP contribution in [0.5, 0.6) is 5.75 Å². The van der Waals surface area contributed by atoms with Crippen LogP contribution >= 0.6 is 0 Å². The summed E-state index contributed by atoms with van der Waals surface area (Å²) in [4.78, 5) is 16.3. The number of pyridine rings is 1. The van der Waals surface area contributed by atoms with Crippen LogP contribution in [0.2, 0.25) is 0 Å². The Morgan fingerprint density at radius 3 is 2.59 bits per heavy atom. The average Bonchev–Trinajstić information content (AvgIpc) is 3.10. The highest BCUT2D eigenvalue weighted by Crippen LogP contribution is 2.47. The molecule has 0 aliphatic heterocycles. The Morgan fingerprint density at radius 1 is 1.15 bits per heavy atom. The van der Waals surface area contributed by atoms with Gasteiger partial charge in [-0.3, -0.25) is 14.9 Å². The van der Waals surface area contributed by atoms with E-state index in [9.17, 15) is 4.79 Å². The molecule has 27 heavy (non-hydrogen) atoms. The molecule has 0 atom stereocenters. The van der Waals surface area contributed by atoms with Crippen LogP contribution < -0.4 is 10.1 Å². The van der Waals surface area contributed by atoms with Crippen LogP contribution in [0.3, 0.4) is 0 Å². The van der Waals surface area contributed by atoms with E-state index >= 15 is 0 Å². The number of rotatable bonds is 6. The number of H-pyrrole nitrogens is 1. The van der Waals surface area contributed by atoms with Crippen molar-refractivity contribution in [1.82, 2.24) is 15.2 Å². The maximum absolute atomic E-state index is 12.2. The fourth-order valence-corrected chi connectivity index (χ4v) is 3.50. The molecular weight excluding hydrogens is 340 g/mol. The predicted octanol–water partition coefficient (Wildman–Crippen LogP) is 3.66. The van der Waals surface area contributed by atoms with Crippen LogP contribution in [0, 0.1) is 0 Å². The Morgan fingerprint density at radius 2 is 1.89 bits per heavy atom. The molecule has 1 aliphatic rings. The summed E-state index contributed by atoms with van der Waals surface area (Å²) in [6.45, 7) is 0. The number of ether oxygens (including phenoxy) is 1. The Hall–Kier alpha value is -3.15. The lowest BCUT2D eigenvalue weighted by atomic mass is 9.70. The van der Waals surface area contributed by atoms with Crippen LogP contribution in [0.1, 0.15) is 41.5 Å². The van der Waals surface area contributed by atoms with E-state index < -0.39 is 0 Å². The molecule has 0 radical (unpaired) electrons. The van der Waals surface area contributed by atoms with Crippen molar-refractivity contribution < 1.29 is 9.53 Å². The Bertz CT molecular complexity index is 899. The van der Waals surface area contributed by atoms with Crippen molar-refractivity contribution in [1.29, 1.82) is 0 Å². The molecule has 138 valence electrons. The highest BCUT2D eigenvalue weighted by atomic mass is 16.5. The van der Waals surface area contributed by atoms with Crippen molar-refractivity contribution in [3.05, 3.63) is 71.7 Å². The summed E-state index contributed by atoms with van der Waals surface area (Å²) < 4.78 is 5.13. The molecule has 0 bridgehead atoms. The molecule has 2 aromatic heterocycles.